The second kappa shape index (κ2) is 5.68. The highest BCUT2D eigenvalue weighted by Crippen LogP contribution is 2.14. The number of benzene rings is 1. The molecule has 0 aliphatic carbocycles. The molecule has 0 atom stereocenters. The van der Waals surface area contributed by atoms with Crippen molar-refractivity contribution in [3.63, 3.8) is 0 Å². The first-order chi connectivity index (χ1) is 8.33. The Kier molecular flexibility index (Phi) is 3.98. The van der Waals surface area contributed by atoms with Gasteiger partial charge in [0, 0.05) is 5.88 Å². The van der Waals surface area contributed by atoms with Crippen molar-refractivity contribution in [1.29, 1.82) is 0 Å². The third-order valence-electron chi connectivity index (χ3n) is 2.44. The molecule has 0 saturated carbocycles. The lowest BCUT2D eigenvalue weighted by atomic mass is 10.2. The van der Waals surface area contributed by atoms with Crippen LogP contribution in [-0.2, 0) is 6.42 Å². The zero-order valence-electron chi connectivity index (χ0n) is 9.64. The van der Waals surface area contributed by atoms with E-state index in [2.05, 4.69) is 10.3 Å². The van der Waals surface area contributed by atoms with Gasteiger partial charge in [-0.3, -0.25) is 0 Å². The summed E-state index contributed by atoms with van der Waals surface area (Å²) in [6.07, 6.45) is 3.71. The molecule has 5 heteroatoms. The molecule has 0 fully saturated rings. The summed E-state index contributed by atoms with van der Waals surface area (Å²) in [7, 11) is 1.65. The van der Waals surface area contributed by atoms with Crippen molar-refractivity contribution in [3.05, 3.63) is 36.2 Å². The number of ether oxygens (including phenoxy) is 1. The van der Waals surface area contributed by atoms with Crippen LogP contribution in [0, 0.1) is 0 Å². The Bertz CT molecular complexity index is 467. The number of halogens is 1. The maximum atomic E-state index is 5.64. The van der Waals surface area contributed by atoms with E-state index in [1.54, 1.807) is 11.8 Å². The van der Waals surface area contributed by atoms with E-state index in [0.29, 0.717) is 5.88 Å². The van der Waals surface area contributed by atoms with Crippen molar-refractivity contribution >= 4 is 11.6 Å². The zero-order chi connectivity index (χ0) is 12.1. The van der Waals surface area contributed by atoms with Crippen molar-refractivity contribution in [2.24, 2.45) is 0 Å². The lowest BCUT2D eigenvalue weighted by Crippen LogP contribution is -1.94. The summed E-state index contributed by atoms with van der Waals surface area (Å²) in [6.45, 7) is 0. The first-order valence-corrected chi connectivity index (χ1v) is 5.98. The molecule has 0 radical (unpaired) electrons. The lowest BCUT2D eigenvalue weighted by molar-refractivity contribution is 0.414. The molecule has 0 bridgehead atoms. The fourth-order valence-electron chi connectivity index (χ4n) is 1.52. The fourth-order valence-corrected chi connectivity index (χ4v) is 1.66. The van der Waals surface area contributed by atoms with Gasteiger partial charge in [0.2, 0.25) is 0 Å². The quantitative estimate of drug-likeness (QED) is 0.767. The van der Waals surface area contributed by atoms with Crippen LogP contribution < -0.4 is 4.74 Å². The number of aryl methyl sites for hydroxylation is 1. The van der Waals surface area contributed by atoms with Gasteiger partial charge in [0.15, 0.2) is 0 Å². The molecule has 2 aromatic rings. The van der Waals surface area contributed by atoms with Crippen LogP contribution in [0.2, 0.25) is 0 Å². The van der Waals surface area contributed by atoms with Gasteiger partial charge in [-0.1, -0.05) is 5.21 Å². The lowest BCUT2D eigenvalue weighted by Gasteiger charge is -2.01. The SMILES string of the molecule is COc1ccc(-n2cc(CCCCl)nn2)cc1. The van der Waals surface area contributed by atoms with Gasteiger partial charge in [-0.05, 0) is 37.1 Å². The second-order valence-electron chi connectivity index (χ2n) is 3.65. The van der Waals surface area contributed by atoms with Crippen molar-refractivity contribution in [1.82, 2.24) is 15.0 Å². The Labute approximate surface area is 105 Å². The highest BCUT2D eigenvalue weighted by Gasteiger charge is 2.02. The molecule has 90 valence electrons. The molecular weight excluding hydrogens is 238 g/mol. The first-order valence-electron chi connectivity index (χ1n) is 5.45. The van der Waals surface area contributed by atoms with E-state index < -0.39 is 0 Å². The molecule has 0 amide bonds. The van der Waals surface area contributed by atoms with Gasteiger partial charge in [0.05, 0.1) is 24.7 Å². The minimum atomic E-state index is 0.648. The molecule has 0 N–H and O–H groups in total. The summed E-state index contributed by atoms with van der Waals surface area (Å²) < 4.78 is 6.86. The summed E-state index contributed by atoms with van der Waals surface area (Å²) in [6, 6.07) is 7.68. The highest BCUT2D eigenvalue weighted by molar-refractivity contribution is 6.17. The van der Waals surface area contributed by atoms with E-state index in [1.165, 1.54) is 0 Å². The standard InChI is InChI=1S/C12H14ClN3O/c1-17-12-6-4-11(5-7-12)16-9-10(14-15-16)3-2-8-13/h4-7,9H,2-3,8H2,1H3. The number of alkyl halides is 1. The minimum Gasteiger partial charge on any atom is -0.497 e. The first kappa shape index (κ1) is 11.9. The zero-order valence-corrected chi connectivity index (χ0v) is 10.4. The van der Waals surface area contributed by atoms with Crippen LogP contribution in [0.3, 0.4) is 0 Å². The number of nitrogens with zero attached hydrogens (tertiary/aromatic N) is 3. The maximum absolute atomic E-state index is 5.64. The molecular formula is C12H14ClN3O. The van der Waals surface area contributed by atoms with Crippen LogP contribution >= 0.6 is 11.6 Å². The molecule has 4 nitrogen and oxygen atoms in total. The molecule has 1 aromatic heterocycles. The third kappa shape index (κ3) is 2.97. The molecule has 0 saturated heterocycles. The summed E-state index contributed by atoms with van der Waals surface area (Å²) in [5, 5.41) is 8.17. The number of hydrogen-bond acceptors (Lipinski definition) is 3. The predicted molar refractivity (Wildman–Crippen MR) is 67.0 cm³/mol. The van der Waals surface area contributed by atoms with E-state index in [0.717, 1.165) is 30.0 Å². The van der Waals surface area contributed by atoms with Gasteiger partial charge < -0.3 is 4.74 Å². The molecule has 17 heavy (non-hydrogen) atoms. The van der Waals surface area contributed by atoms with Gasteiger partial charge in [-0.2, -0.15) is 0 Å². The fraction of sp³-hybridized carbons (Fsp3) is 0.333. The Balaban J connectivity index is 2.12. The van der Waals surface area contributed by atoms with Crippen LogP contribution in [-0.4, -0.2) is 28.0 Å². The molecule has 2 rings (SSSR count). The van der Waals surface area contributed by atoms with Gasteiger partial charge in [-0.25, -0.2) is 4.68 Å². The largest absolute Gasteiger partial charge is 0.497 e. The normalized spacial score (nSPS) is 10.5. The van der Waals surface area contributed by atoms with Crippen LogP contribution in [0.1, 0.15) is 12.1 Å². The van der Waals surface area contributed by atoms with Crippen molar-refractivity contribution in [2.75, 3.05) is 13.0 Å². The third-order valence-corrected chi connectivity index (χ3v) is 2.71. The highest BCUT2D eigenvalue weighted by atomic mass is 35.5. The predicted octanol–water partition coefficient (Wildman–Crippen LogP) is 2.45. The Morgan fingerprint density at radius 2 is 2.06 bits per heavy atom. The number of aromatic nitrogens is 3. The van der Waals surface area contributed by atoms with Crippen molar-refractivity contribution in [2.45, 2.75) is 12.8 Å². The maximum Gasteiger partial charge on any atom is 0.119 e. The van der Waals surface area contributed by atoms with Gasteiger partial charge in [0.1, 0.15) is 5.75 Å². The van der Waals surface area contributed by atoms with E-state index in [9.17, 15) is 0 Å². The summed E-state index contributed by atoms with van der Waals surface area (Å²) >= 11 is 5.64. The molecule has 1 aromatic carbocycles. The monoisotopic (exact) mass is 251 g/mol. The van der Waals surface area contributed by atoms with E-state index >= 15 is 0 Å². The van der Waals surface area contributed by atoms with Crippen molar-refractivity contribution < 1.29 is 4.74 Å². The number of rotatable bonds is 5. The van der Waals surface area contributed by atoms with Gasteiger partial charge >= 0.3 is 0 Å². The molecule has 0 unspecified atom stereocenters. The van der Waals surface area contributed by atoms with Crippen LogP contribution in [0.15, 0.2) is 30.5 Å². The summed E-state index contributed by atoms with van der Waals surface area (Å²) in [5.41, 5.74) is 1.93. The number of hydrogen-bond donors (Lipinski definition) is 0. The Morgan fingerprint density at radius 1 is 1.29 bits per heavy atom. The van der Waals surface area contributed by atoms with E-state index in [1.807, 2.05) is 30.5 Å². The molecule has 1 heterocycles. The molecule has 0 spiro atoms. The van der Waals surface area contributed by atoms with E-state index in [4.69, 9.17) is 16.3 Å². The summed E-state index contributed by atoms with van der Waals surface area (Å²) in [5.74, 6) is 1.48. The second-order valence-corrected chi connectivity index (χ2v) is 4.02. The average Bonchev–Trinajstić information content (AvgIpc) is 2.85. The van der Waals surface area contributed by atoms with Crippen LogP contribution in [0.4, 0.5) is 0 Å². The van der Waals surface area contributed by atoms with Crippen LogP contribution in [0.25, 0.3) is 5.69 Å². The molecule has 0 aliphatic rings. The number of methoxy groups -OCH3 is 1. The molecule has 0 aliphatic heterocycles. The topological polar surface area (TPSA) is 39.9 Å². The van der Waals surface area contributed by atoms with Gasteiger partial charge in [0.25, 0.3) is 0 Å². The Hall–Kier alpha value is -1.55. The van der Waals surface area contributed by atoms with E-state index in [-0.39, 0.29) is 0 Å². The minimum absolute atomic E-state index is 0.648. The average molecular weight is 252 g/mol. The summed E-state index contributed by atoms with van der Waals surface area (Å²) in [4.78, 5) is 0. The van der Waals surface area contributed by atoms with Gasteiger partial charge in [-0.15, -0.1) is 16.7 Å². The smallest absolute Gasteiger partial charge is 0.119 e. The van der Waals surface area contributed by atoms with Crippen molar-refractivity contribution in [3.8, 4) is 11.4 Å². The Morgan fingerprint density at radius 3 is 2.71 bits per heavy atom. The van der Waals surface area contributed by atoms with Crippen LogP contribution in [0.5, 0.6) is 5.75 Å².